The Hall–Kier alpha value is -0.840. The van der Waals surface area contributed by atoms with Crippen molar-refractivity contribution in [3.63, 3.8) is 0 Å². The summed E-state index contributed by atoms with van der Waals surface area (Å²) in [6, 6.07) is 3.69. The van der Waals surface area contributed by atoms with Crippen LogP contribution in [-0.2, 0) is 16.1 Å². The molecular weight excluding hydrogens is 264 g/mol. The summed E-state index contributed by atoms with van der Waals surface area (Å²) in [4.78, 5) is 4.41. The van der Waals surface area contributed by atoms with Gasteiger partial charge < -0.3 is 14.8 Å². The van der Waals surface area contributed by atoms with Gasteiger partial charge in [0, 0.05) is 7.05 Å². The third-order valence-corrected chi connectivity index (χ3v) is 3.63. The van der Waals surface area contributed by atoms with Crippen molar-refractivity contribution in [3.8, 4) is 0 Å². The first-order valence-electron chi connectivity index (χ1n) is 6.68. The van der Waals surface area contributed by atoms with Gasteiger partial charge in [-0.2, -0.15) is 0 Å². The molecule has 1 aromatic rings. The van der Waals surface area contributed by atoms with Gasteiger partial charge in [-0.3, -0.25) is 0 Å². The van der Waals surface area contributed by atoms with E-state index in [1.165, 1.54) is 0 Å². The smallest absolute Gasteiger partial charge is 0.126 e. The fourth-order valence-corrected chi connectivity index (χ4v) is 2.56. The minimum atomic E-state index is 0.217. The highest BCUT2D eigenvalue weighted by Crippen LogP contribution is 2.24. The molecular formula is C14H21ClN2O2. The van der Waals surface area contributed by atoms with Crippen molar-refractivity contribution in [1.82, 2.24) is 4.98 Å². The maximum Gasteiger partial charge on any atom is 0.126 e. The normalized spacial score (nSPS) is 27.3. The van der Waals surface area contributed by atoms with E-state index in [4.69, 9.17) is 21.1 Å². The average molecular weight is 285 g/mol. The van der Waals surface area contributed by atoms with Crippen LogP contribution in [0.25, 0.3) is 0 Å². The zero-order valence-electron chi connectivity index (χ0n) is 11.6. The van der Waals surface area contributed by atoms with Crippen molar-refractivity contribution in [1.29, 1.82) is 0 Å². The Kier molecular flexibility index (Phi) is 5.02. The van der Waals surface area contributed by atoms with Gasteiger partial charge in [-0.05, 0) is 38.8 Å². The zero-order valence-corrected chi connectivity index (χ0v) is 12.4. The molecule has 2 unspecified atom stereocenters. The first-order chi connectivity index (χ1) is 9.08. The molecule has 0 aliphatic carbocycles. The second-order valence-corrected chi connectivity index (χ2v) is 5.44. The summed E-state index contributed by atoms with van der Waals surface area (Å²) >= 11 is 6.13. The number of nitrogens with one attached hydrogen (secondary N) is 1. The molecule has 1 N–H and O–H groups in total. The van der Waals surface area contributed by atoms with E-state index in [1.54, 1.807) is 0 Å². The van der Waals surface area contributed by atoms with Crippen LogP contribution in [0, 0.1) is 0 Å². The van der Waals surface area contributed by atoms with Crippen LogP contribution in [0.5, 0.6) is 0 Å². The van der Waals surface area contributed by atoms with Crippen LogP contribution in [0.4, 0.5) is 5.82 Å². The second-order valence-electron chi connectivity index (χ2n) is 5.04. The molecule has 2 atom stereocenters. The Balaban J connectivity index is 1.94. The van der Waals surface area contributed by atoms with Crippen LogP contribution in [0.2, 0.25) is 5.02 Å². The first kappa shape index (κ1) is 14.6. The molecule has 1 fully saturated rings. The van der Waals surface area contributed by atoms with Gasteiger partial charge >= 0.3 is 0 Å². The van der Waals surface area contributed by atoms with Gasteiger partial charge in [-0.15, -0.1) is 0 Å². The number of pyridine rings is 1. The highest BCUT2D eigenvalue weighted by molar-refractivity contribution is 6.31. The Labute approximate surface area is 119 Å². The third-order valence-electron chi connectivity index (χ3n) is 3.28. The van der Waals surface area contributed by atoms with Crippen LogP contribution >= 0.6 is 11.6 Å². The molecule has 2 heterocycles. The minimum Gasteiger partial charge on any atom is -0.375 e. The summed E-state index contributed by atoms with van der Waals surface area (Å²) in [5.74, 6) is 0.803. The zero-order chi connectivity index (χ0) is 13.8. The van der Waals surface area contributed by atoms with Crippen molar-refractivity contribution in [2.75, 3.05) is 12.4 Å². The number of nitrogens with zero attached hydrogens (tertiary/aromatic N) is 1. The van der Waals surface area contributed by atoms with Gasteiger partial charge in [0.15, 0.2) is 0 Å². The van der Waals surface area contributed by atoms with Gasteiger partial charge in [-0.25, -0.2) is 4.98 Å². The van der Waals surface area contributed by atoms with Crippen LogP contribution in [0.1, 0.15) is 32.4 Å². The number of ether oxygens (including phenoxy) is 2. The summed E-state index contributed by atoms with van der Waals surface area (Å²) in [6.45, 7) is 4.61. The van der Waals surface area contributed by atoms with E-state index in [2.05, 4.69) is 24.1 Å². The number of rotatable bonds is 4. The Morgan fingerprint density at radius 3 is 2.68 bits per heavy atom. The Morgan fingerprint density at radius 1 is 1.37 bits per heavy atom. The summed E-state index contributed by atoms with van der Waals surface area (Å²) in [5, 5.41) is 3.65. The van der Waals surface area contributed by atoms with Crippen molar-refractivity contribution < 1.29 is 9.47 Å². The van der Waals surface area contributed by atoms with Crippen LogP contribution < -0.4 is 5.32 Å². The lowest BCUT2D eigenvalue weighted by atomic mass is 10.0. The van der Waals surface area contributed by atoms with E-state index >= 15 is 0 Å². The molecule has 1 aromatic heterocycles. The largest absolute Gasteiger partial charge is 0.375 e. The fraction of sp³-hybridized carbons (Fsp3) is 0.643. The monoisotopic (exact) mass is 284 g/mol. The molecule has 0 saturated carbocycles. The van der Waals surface area contributed by atoms with E-state index in [0.29, 0.717) is 11.6 Å². The Bertz CT molecular complexity index is 418. The Morgan fingerprint density at radius 2 is 2.05 bits per heavy atom. The van der Waals surface area contributed by atoms with Crippen molar-refractivity contribution in [2.45, 2.75) is 51.6 Å². The molecule has 0 amide bonds. The highest BCUT2D eigenvalue weighted by atomic mass is 35.5. The standard InChI is InChI=1S/C14H21ClN2O2/c1-9-6-11(7-10(2)19-9)18-8-13-12(15)4-5-14(16-3)17-13/h4-5,9-11H,6-8H2,1-3H3,(H,16,17). The van der Waals surface area contributed by atoms with Crippen molar-refractivity contribution in [2.24, 2.45) is 0 Å². The molecule has 1 aliphatic heterocycles. The molecule has 1 aliphatic rings. The van der Waals surface area contributed by atoms with Gasteiger partial charge in [0.05, 0.1) is 35.6 Å². The maximum absolute atomic E-state index is 6.13. The molecule has 0 bridgehead atoms. The summed E-state index contributed by atoms with van der Waals surface area (Å²) in [6.07, 6.45) is 2.57. The van der Waals surface area contributed by atoms with E-state index in [9.17, 15) is 0 Å². The summed E-state index contributed by atoms with van der Waals surface area (Å²) in [5.41, 5.74) is 0.778. The lowest BCUT2D eigenvalue weighted by molar-refractivity contribution is -0.106. The topological polar surface area (TPSA) is 43.4 Å². The summed E-state index contributed by atoms with van der Waals surface area (Å²) < 4.78 is 11.6. The van der Waals surface area contributed by atoms with Crippen molar-refractivity contribution >= 4 is 17.4 Å². The molecule has 0 radical (unpaired) electrons. The lowest BCUT2D eigenvalue weighted by Crippen LogP contribution is -2.34. The quantitative estimate of drug-likeness (QED) is 0.922. The molecule has 5 heteroatoms. The van der Waals surface area contributed by atoms with E-state index in [-0.39, 0.29) is 18.3 Å². The highest BCUT2D eigenvalue weighted by Gasteiger charge is 2.25. The first-order valence-corrected chi connectivity index (χ1v) is 7.06. The van der Waals surface area contributed by atoms with Crippen LogP contribution in [0.15, 0.2) is 12.1 Å². The summed E-state index contributed by atoms with van der Waals surface area (Å²) in [7, 11) is 1.84. The van der Waals surface area contributed by atoms with E-state index in [0.717, 1.165) is 24.4 Å². The van der Waals surface area contributed by atoms with Gasteiger partial charge in [0.1, 0.15) is 5.82 Å². The fourth-order valence-electron chi connectivity index (χ4n) is 2.40. The van der Waals surface area contributed by atoms with Crippen LogP contribution in [-0.4, -0.2) is 30.3 Å². The van der Waals surface area contributed by atoms with Gasteiger partial charge in [0.2, 0.25) is 0 Å². The second kappa shape index (κ2) is 6.55. The van der Waals surface area contributed by atoms with E-state index in [1.807, 2.05) is 19.2 Å². The van der Waals surface area contributed by atoms with Gasteiger partial charge in [-0.1, -0.05) is 11.6 Å². The number of halogens is 1. The van der Waals surface area contributed by atoms with Gasteiger partial charge in [0.25, 0.3) is 0 Å². The van der Waals surface area contributed by atoms with Crippen molar-refractivity contribution in [3.05, 3.63) is 22.8 Å². The number of hydrogen-bond acceptors (Lipinski definition) is 4. The van der Waals surface area contributed by atoms with Crippen LogP contribution in [0.3, 0.4) is 0 Å². The number of aromatic nitrogens is 1. The average Bonchev–Trinajstić information content (AvgIpc) is 2.37. The predicted molar refractivity (Wildman–Crippen MR) is 76.6 cm³/mol. The SMILES string of the molecule is CNc1ccc(Cl)c(COC2CC(C)OC(C)C2)n1. The van der Waals surface area contributed by atoms with E-state index < -0.39 is 0 Å². The molecule has 4 nitrogen and oxygen atoms in total. The maximum atomic E-state index is 6.13. The molecule has 0 aromatic carbocycles. The molecule has 0 spiro atoms. The lowest BCUT2D eigenvalue weighted by Gasteiger charge is -2.31. The molecule has 19 heavy (non-hydrogen) atoms. The number of hydrogen-bond donors (Lipinski definition) is 1. The molecule has 1 saturated heterocycles. The predicted octanol–water partition coefficient (Wildman–Crippen LogP) is 3.25. The minimum absolute atomic E-state index is 0.217. The third kappa shape index (κ3) is 4.06. The molecule has 2 rings (SSSR count). The molecule has 106 valence electrons. The number of anilines is 1.